The standard InChI is InChI=1S/C53H32N4O/c1-3-15-34(16-4-1)51-54-52(36-27-28-42-41-22-11-12-25-46(41)57(47(42)30-36)37-18-5-2-6-19-37)56-53(55-51)45-32-49-50(43-23-10-9-21-40(43)45)44-29-26-35(31-48(44)58-49)39-24-13-17-33-14-7-8-20-38(33)39/h1-32H. The zero-order valence-electron chi connectivity index (χ0n) is 31.2. The van der Waals surface area contributed by atoms with Crippen LogP contribution in [-0.2, 0) is 0 Å². The van der Waals surface area contributed by atoms with Crippen molar-refractivity contribution in [1.29, 1.82) is 0 Å². The molecule has 0 bridgehead atoms. The van der Waals surface area contributed by atoms with Crippen LogP contribution in [0, 0.1) is 0 Å². The van der Waals surface area contributed by atoms with E-state index in [2.05, 4.69) is 168 Å². The van der Waals surface area contributed by atoms with Gasteiger partial charge in [-0.2, -0.15) is 0 Å². The Kier molecular flexibility index (Phi) is 7.16. The van der Waals surface area contributed by atoms with Gasteiger partial charge in [-0.15, -0.1) is 0 Å². The van der Waals surface area contributed by atoms with Crippen LogP contribution in [-0.4, -0.2) is 19.5 Å². The fourth-order valence-corrected chi connectivity index (χ4v) is 8.78. The van der Waals surface area contributed by atoms with Gasteiger partial charge < -0.3 is 8.98 Å². The molecule has 0 N–H and O–H groups in total. The van der Waals surface area contributed by atoms with Gasteiger partial charge in [0.05, 0.1) is 11.0 Å². The van der Waals surface area contributed by atoms with Crippen LogP contribution in [0.1, 0.15) is 0 Å². The molecule has 0 spiro atoms. The number of fused-ring (bicyclic) bond motifs is 9. The molecular formula is C53H32N4O. The summed E-state index contributed by atoms with van der Waals surface area (Å²) in [6.45, 7) is 0. The van der Waals surface area contributed by atoms with Crippen LogP contribution in [0.15, 0.2) is 199 Å². The maximum absolute atomic E-state index is 6.78. The summed E-state index contributed by atoms with van der Waals surface area (Å²) in [7, 11) is 0. The average Bonchev–Trinajstić information content (AvgIpc) is 3.84. The van der Waals surface area contributed by atoms with E-state index in [9.17, 15) is 0 Å². The molecule has 12 rings (SSSR count). The summed E-state index contributed by atoms with van der Waals surface area (Å²) in [6.07, 6.45) is 0. The summed E-state index contributed by atoms with van der Waals surface area (Å²) < 4.78 is 9.11. The largest absolute Gasteiger partial charge is 0.456 e. The lowest BCUT2D eigenvalue weighted by atomic mass is 9.96. The Morgan fingerprint density at radius 2 is 0.966 bits per heavy atom. The topological polar surface area (TPSA) is 56.7 Å². The first-order valence-electron chi connectivity index (χ1n) is 19.5. The maximum atomic E-state index is 6.78. The van der Waals surface area contributed by atoms with Crippen molar-refractivity contribution in [3.63, 3.8) is 0 Å². The summed E-state index contributed by atoms with van der Waals surface area (Å²) in [6, 6.07) is 67.9. The first kappa shape index (κ1) is 32.4. The second-order valence-electron chi connectivity index (χ2n) is 14.8. The smallest absolute Gasteiger partial charge is 0.164 e. The Balaban J connectivity index is 1.08. The zero-order chi connectivity index (χ0) is 38.2. The second kappa shape index (κ2) is 12.8. The van der Waals surface area contributed by atoms with Gasteiger partial charge in [-0.05, 0) is 75.1 Å². The fourth-order valence-electron chi connectivity index (χ4n) is 8.78. The molecule has 0 saturated carbocycles. The van der Waals surface area contributed by atoms with Crippen molar-refractivity contribution in [2.24, 2.45) is 0 Å². The molecule has 5 nitrogen and oxygen atoms in total. The molecule has 0 aliphatic carbocycles. The van der Waals surface area contributed by atoms with Crippen molar-refractivity contribution >= 4 is 65.3 Å². The van der Waals surface area contributed by atoms with Crippen molar-refractivity contribution in [2.75, 3.05) is 0 Å². The summed E-state index contributed by atoms with van der Waals surface area (Å²) >= 11 is 0. The Labute approximate surface area is 333 Å². The second-order valence-corrected chi connectivity index (χ2v) is 14.8. The van der Waals surface area contributed by atoms with E-state index >= 15 is 0 Å². The highest BCUT2D eigenvalue weighted by Gasteiger charge is 2.21. The normalized spacial score (nSPS) is 11.8. The van der Waals surface area contributed by atoms with Gasteiger partial charge in [0.25, 0.3) is 0 Å². The maximum Gasteiger partial charge on any atom is 0.164 e. The van der Waals surface area contributed by atoms with Crippen molar-refractivity contribution in [3.05, 3.63) is 194 Å². The zero-order valence-corrected chi connectivity index (χ0v) is 31.2. The summed E-state index contributed by atoms with van der Waals surface area (Å²) in [4.78, 5) is 15.6. The molecule has 270 valence electrons. The first-order valence-corrected chi connectivity index (χ1v) is 19.5. The fraction of sp³-hybridized carbons (Fsp3) is 0. The third-order valence-corrected chi connectivity index (χ3v) is 11.4. The molecule has 9 aromatic carbocycles. The monoisotopic (exact) mass is 740 g/mol. The Morgan fingerprint density at radius 3 is 1.81 bits per heavy atom. The summed E-state index contributed by atoms with van der Waals surface area (Å²) in [5.41, 5.74) is 9.97. The lowest BCUT2D eigenvalue weighted by Gasteiger charge is -2.12. The number of hydrogen-bond acceptors (Lipinski definition) is 4. The Hall–Kier alpha value is -7.89. The molecule has 0 aliphatic rings. The van der Waals surface area contributed by atoms with Gasteiger partial charge in [0, 0.05) is 43.9 Å². The van der Waals surface area contributed by atoms with E-state index in [1.54, 1.807) is 0 Å². The molecule has 0 fully saturated rings. The number of para-hydroxylation sites is 2. The SMILES string of the molecule is c1ccc(-c2nc(-c3ccc4c5ccccc5n(-c5ccccc5)c4c3)nc(-c3cc4oc5cc(-c6cccc7ccccc67)ccc5c4c4ccccc34)n2)cc1. The van der Waals surface area contributed by atoms with E-state index < -0.39 is 0 Å². The molecule has 0 radical (unpaired) electrons. The van der Waals surface area contributed by atoms with Gasteiger partial charge >= 0.3 is 0 Å². The summed E-state index contributed by atoms with van der Waals surface area (Å²) in [5, 5.41) is 9.09. The Bertz CT molecular complexity index is 3560. The quantitative estimate of drug-likeness (QED) is 0.176. The van der Waals surface area contributed by atoms with E-state index in [0.717, 1.165) is 71.7 Å². The van der Waals surface area contributed by atoms with Crippen molar-refractivity contribution < 1.29 is 4.42 Å². The third-order valence-electron chi connectivity index (χ3n) is 11.4. The van der Waals surface area contributed by atoms with Crippen LogP contribution in [0.25, 0.3) is 116 Å². The number of aromatic nitrogens is 4. The van der Waals surface area contributed by atoms with Crippen molar-refractivity contribution in [3.8, 4) is 51.0 Å². The van der Waals surface area contributed by atoms with Gasteiger partial charge in [0.15, 0.2) is 17.5 Å². The molecule has 5 heteroatoms. The lowest BCUT2D eigenvalue weighted by Crippen LogP contribution is -2.01. The molecular weight excluding hydrogens is 709 g/mol. The van der Waals surface area contributed by atoms with Crippen LogP contribution >= 0.6 is 0 Å². The molecule has 0 aliphatic heterocycles. The number of hydrogen-bond donors (Lipinski definition) is 0. The summed E-state index contributed by atoms with van der Waals surface area (Å²) in [5.74, 6) is 1.80. The number of benzene rings is 9. The molecule has 3 heterocycles. The van der Waals surface area contributed by atoms with Gasteiger partial charge in [-0.1, -0.05) is 152 Å². The van der Waals surface area contributed by atoms with E-state index in [1.165, 1.54) is 27.1 Å². The minimum absolute atomic E-state index is 0.586. The van der Waals surface area contributed by atoms with E-state index in [0.29, 0.717) is 17.5 Å². The lowest BCUT2D eigenvalue weighted by molar-refractivity contribution is 0.669. The minimum atomic E-state index is 0.586. The van der Waals surface area contributed by atoms with Gasteiger partial charge in [-0.25, -0.2) is 15.0 Å². The van der Waals surface area contributed by atoms with Crippen molar-refractivity contribution in [2.45, 2.75) is 0 Å². The van der Waals surface area contributed by atoms with Crippen LogP contribution in [0.2, 0.25) is 0 Å². The molecule has 58 heavy (non-hydrogen) atoms. The predicted molar refractivity (Wildman–Crippen MR) is 238 cm³/mol. The number of nitrogens with zero attached hydrogens (tertiary/aromatic N) is 4. The highest BCUT2D eigenvalue weighted by Crippen LogP contribution is 2.42. The molecule has 0 unspecified atom stereocenters. The average molecular weight is 741 g/mol. The van der Waals surface area contributed by atoms with E-state index in [4.69, 9.17) is 19.4 Å². The Morgan fingerprint density at radius 1 is 0.345 bits per heavy atom. The van der Waals surface area contributed by atoms with Crippen LogP contribution < -0.4 is 0 Å². The highest BCUT2D eigenvalue weighted by atomic mass is 16.3. The number of rotatable bonds is 5. The molecule has 0 amide bonds. The van der Waals surface area contributed by atoms with Gasteiger partial charge in [0.2, 0.25) is 0 Å². The molecule has 12 aromatic rings. The third kappa shape index (κ3) is 5.07. The first-order chi connectivity index (χ1) is 28.7. The molecule has 0 saturated heterocycles. The highest BCUT2D eigenvalue weighted by molar-refractivity contribution is 6.22. The van der Waals surface area contributed by atoms with Crippen molar-refractivity contribution in [1.82, 2.24) is 19.5 Å². The van der Waals surface area contributed by atoms with Crippen LogP contribution in [0.3, 0.4) is 0 Å². The molecule has 3 aromatic heterocycles. The van der Waals surface area contributed by atoms with E-state index in [-0.39, 0.29) is 0 Å². The minimum Gasteiger partial charge on any atom is -0.456 e. The number of furan rings is 1. The van der Waals surface area contributed by atoms with Crippen LogP contribution in [0.5, 0.6) is 0 Å². The molecule has 0 atom stereocenters. The van der Waals surface area contributed by atoms with E-state index in [1.807, 2.05) is 30.3 Å². The predicted octanol–water partition coefficient (Wildman–Crippen LogP) is 13.8. The van der Waals surface area contributed by atoms with Crippen LogP contribution in [0.4, 0.5) is 0 Å². The van der Waals surface area contributed by atoms with Gasteiger partial charge in [0.1, 0.15) is 11.2 Å². The van der Waals surface area contributed by atoms with Gasteiger partial charge in [-0.3, -0.25) is 0 Å².